The van der Waals surface area contributed by atoms with Crippen LogP contribution in [0.2, 0.25) is 0 Å². The molecule has 8 heteroatoms. The first-order valence-corrected chi connectivity index (χ1v) is 9.11. The molecule has 0 bridgehead atoms. The summed E-state index contributed by atoms with van der Waals surface area (Å²) in [5, 5.41) is 12.7. The summed E-state index contributed by atoms with van der Waals surface area (Å²) < 4.78 is 9.78. The largest absolute Gasteiger partial charge is 0.374 e. The molecule has 0 radical (unpaired) electrons. The lowest BCUT2D eigenvalue weighted by Gasteiger charge is -2.23. The summed E-state index contributed by atoms with van der Waals surface area (Å²) in [5.41, 5.74) is 0. The van der Waals surface area contributed by atoms with E-state index in [1.807, 2.05) is 26.4 Å². The van der Waals surface area contributed by atoms with Gasteiger partial charge in [0.2, 0.25) is 5.82 Å². The fourth-order valence-electron chi connectivity index (χ4n) is 3.59. The number of hydrogen-bond acceptors (Lipinski definition) is 5. The average molecular weight is 344 g/mol. The summed E-state index contributed by atoms with van der Waals surface area (Å²) in [6.07, 6.45) is 8.74. The molecule has 2 aromatic rings. The third-order valence-corrected chi connectivity index (χ3v) is 4.89. The molecular weight excluding hydrogens is 320 g/mol. The number of aromatic nitrogens is 5. The van der Waals surface area contributed by atoms with Crippen LogP contribution in [-0.4, -0.2) is 61.2 Å². The quantitative estimate of drug-likeness (QED) is 0.834. The Kier molecular flexibility index (Phi) is 4.78. The third-order valence-electron chi connectivity index (χ3n) is 4.89. The van der Waals surface area contributed by atoms with E-state index in [1.165, 1.54) is 6.42 Å². The van der Waals surface area contributed by atoms with Crippen molar-refractivity contribution in [2.24, 2.45) is 0 Å². The molecule has 0 N–H and O–H groups in total. The highest BCUT2D eigenvalue weighted by Crippen LogP contribution is 2.17. The fraction of sp³-hybridized carbons (Fsp3) is 0.647. The zero-order chi connectivity index (χ0) is 17.1. The minimum Gasteiger partial charge on any atom is -0.374 e. The van der Waals surface area contributed by atoms with Crippen molar-refractivity contribution in [3.63, 3.8) is 0 Å². The maximum absolute atomic E-state index is 13.1. The van der Waals surface area contributed by atoms with Crippen LogP contribution < -0.4 is 0 Å². The minimum atomic E-state index is -0.0575. The fourth-order valence-corrected chi connectivity index (χ4v) is 3.59. The molecule has 1 saturated heterocycles. The molecule has 2 aliphatic heterocycles. The number of aryl methyl sites for hydroxylation is 1. The highest BCUT2D eigenvalue weighted by molar-refractivity contribution is 5.90. The molecule has 0 saturated carbocycles. The number of nitrogens with zero attached hydrogens (tertiary/aromatic N) is 6. The first-order chi connectivity index (χ1) is 12.3. The molecule has 8 nitrogen and oxygen atoms in total. The Morgan fingerprint density at radius 2 is 2.16 bits per heavy atom. The second-order valence-electron chi connectivity index (χ2n) is 6.73. The van der Waals surface area contributed by atoms with Gasteiger partial charge in [-0.15, -0.1) is 10.2 Å². The molecule has 0 aliphatic carbocycles. The van der Waals surface area contributed by atoms with Crippen molar-refractivity contribution in [1.29, 1.82) is 0 Å². The standard InChI is InChI=1S/C17H24N6O2/c24-17(16-20-19-15-6-2-1-3-10-23(15)16)21-8-5-11-25-14(12-21)13-22-9-4-7-18-22/h4,7,9,14H,1-3,5-6,8,10-13H2. The zero-order valence-corrected chi connectivity index (χ0v) is 14.4. The summed E-state index contributed by atoms with van der Waals surface area (Å²) in [4.78, 5) is 14.9. The van der Waals surface area contributed by atoms with Gasteiger partial charge in [-0.3, -0.25) is 9.48 Å². The van der Waals surface area contributed by atoms with Crippen molar-refractivity contribution >= 4 is 5.91 Å². The Hall–Kier alpha value is -2.22. The van der Waals surface area contributed by atoms with E-state index < -0.39 is 0 Å². The zero-order valence-electron chi connectivity index (χ0n) is 14.4. The van der Waals surface area contributed by atoms with E-state index in [9.17, 15) is 4.79 Å². The van der Waals surface area contributed by atoms with Crippen LogP contribution in [0.25, 0.3) is 0 Å². The molecule has 2 aromatic heterocycles. The molecule has 2 aliphatic rings. The molecule has 1 unspecified atom stereocenters. The van der Waals surface area contributed by atoms with Crippen LogP contribution in [0.3, 0.4) is 0 Å². The van der Waals surface area contributed by atoms with Gasteiger partial charge in [-0.2, -0.15) is 5.10 Å². The van der Waals surface area contributed by atoms with Crippen molar-refractivity contribution in [2.45, 2.75) is 51.3 Å². The summed E-state index contributed by atoms with van der Waals surface area (Å²) >= 11 is 0. The van der Waals surface area contributed by atoms with Crippen molar-refractivity contribution in [1.82, 2.24) is 29.4 Å². The Bertz CT molecular complexity index is 711. The Balaban J connectivity index is 1.49. The highest BCUT2D eigenvalue weighted by Gasteiger charge is 2.28. The first kappa shape index (κ1) is 16.3. The lowest BCUT2D eigenvalue weighted by molar-refractivity contribution is 0.0362. The predicted molar refractivity (Wildman–Crippen MR) is 90.1 cm³/mol. The summed E-state index contributed by atoms with van der Waals surface area (Å²) in [7, 11) is 0. The average Bonchev–Trinajstić information content (AvgIpc) is 3.12. The second-order valence-corrected chi connectivity index (χ2v) is 6.73. The van der Waals surface area contributed by atoms with Gasteiger partial charge in [0.1, 0.15) is 5.82 Å². The van der Waals surface area contributed by atoms with E-state index in [-0.39, 0.29) is 12.0 Å². The van der Waals surface area contributed by atoms with Gasteiger partial charge in [-0.25, -0.2) is 0 Å². The van der Waals surface area contributed by atoms with E-state index in [2.05, 4.69) is 15.3 Å². The van der Waals surface area contributed by atoms with Gasteiger partial charge < -0.3 is 14.2 Å². The molecule has 0 spiro atoms. The molecule has 134 valence electrons. The van der Waals surface area contributed by atoms with Crippen LogP contribution in [0.4, 0.5) is 0 Å². The lowest BCUT2D eigenvalue weighted by Crippen LogP contribution is -2.39. The Morgan fingerprint density at radius 1 is 1.20 bits per heavy atom. The first-order valence-electron chi connectivity index (χ1n) is 9.11. The monoisotopic (exact) mass is 344 g/mol. The van der Waals surface area contributed by atoms with Crippen LogP contribution in [0.5, 0.6) is 0 Å². The number of rotatable bonds is 3. The number of hydrogen-bond donors (Lipinski definition) is 0. The molecule has 4 rings (SSSR count). The van der Waals surface area contributed by atoms with Gasteiger partial charge in [0.25, 0.3) is 5.91 Å². The molecule has 1 atom stereocenters. The van der Waals surface area contributed by atoms with Crippen molar-refractivity contribution in [2.75, 3.05) is 19.7 Å². The van der Waals surface area contributed by atoms with E-state index in [4.69, 9.17) is 4.74 Å². The Morgan fingerprint density at radius 3 is 3.04 bits per heavy atom. The molecule has 4 heterocycles. The van der Waals surface area contributed by atoms with Crippen LogP contribution in [0.1, 0.15) is 42.1 Å². The summed E-state index contributed by atoms with van der Waals surface area (Å²) in [6, 6.07) is 1.89. The number of fused-ring (bicyclic) bond motifs is 1. The summed E-state index contributed by atoms with van der Waals surface area (Å²) in [5.74, 6) is 1.40. The number of carbonyl (C=O) groups excluding carboxylic acids is 1. The van der Waals surface area contributed by atoms with Crippen molar-refractivity contribution < 1.29 is 9.53 Å². The third kappa shape index (κ3) is 3.58. The van der Waals surface area contributed by atoms with Crippen LogP contribution >= 0.6 is 0 Å². The number of ether oxygens (including phenoxy) is 1. The van der Waals surface area contributed by atoms with Gasteiger partial charge in [-0.1, -0.05) is 6.42 Å². The Labute approximate surface area is 146 Å². The van der Waals surface area contributed by atoms with E-state index in [1.54, 1.807) is 6.20 Å². The molecule has 25 heavy (non-hydrogen) atoms. The smallest absolute Gasteiger partial charge is 0.291 e. The topological polar surface area (TPSA) is 78.1 Å². The van der Waals surface area contributed by atoms with E-state index >= 15 is 0 Å². The van der Waals surface area contributed by atoms with Crippen LogP contribution in [-0.2, 0) is 24.2 Å². The number of amides is 1. The van der Waals surface area contributed by atoms with Crippen LogP contribution in [0, 0.1) is 0 Å². The molecule has 1 fully saturated rings. The van der Waals surface area contributed by atoms with Gasteiger partial charge in [0.05, 0.1) is 12.6 Å². The minimum absolute atomic E-state index is 0.0309. The van der Waals surface area contributed by atoms with Gasteiger partial charge in [0.15, 0.2) is 0 Å². The maximum Gasteiger partial charge on any atom is 0.291 e. The maximum atomic E-state index is 13.1. The summed E-state index contributed by atoms with van der Waals surface area (Å²) in [6.45, 7) is 3.39. The second kappa shape index (κ2) is 7.35. The van der Waals surface area contributed by atoms with E-state index in [0.717, 1.165) is 38.1 Å². The normalized spacial score (nSPS) is 21.4. The van der Waals surface area contributed by atoms with Gasteiger partial charge in [0, 0.05) is 45.1 Å². The van der Waals surface area contributed by atoms with Crippen molar-refractivity contribution in [3.05, 3.63) is 30.1 Å². The van der Waals surface area contributed by atoms with Crippen molar-refractivity contribution in [3.8, 4) is 0 Å². The highest BCUT2D eigenvalue weighted by atomic mass is 16.5. The molecule has 0 aromatic carbocycles. The molecule has 1 amide bonds. The predicted octanol–water partition coefficient (Wildman–Crippen LogP) is 1.13. The molecular formula is C17H24N6O2. The number of carbonyl (C=O) groups is 1. The SMILES string of the molecule is O=C(c1nnc2n1CCCCC2)N1CCCOC(Cn2cccn2)C1. The van der Waals surface area contributed by atoms with E-state index in [0.29, 0.717) is 32.1 Å². The van der Waals surface area contributed by atoms with Crippen LogP contribution in [0.15, 0.2) is 18.5 Å². The lowest BCUT2D eigenvalue weighted by atomic mass is 10.2. The van der Waals surface area contributed by atoms with Gasteiger partial charge >= 0.3 is 0 Å². The van der Waals surface area contributed by atoms with Gasteiger partial charge in [-0.05, 0) is 25.3 Å².